The first-order chi connectivity index (χ1) is 22.3. The number of hydrogen-bond donors (Lipinski definition) is 5. The number of rotatable bonds is 31. The van der Waals surface area contributed by atoms with E-state index in [0.717, 1.165) is 38.5 Å². The van der Waals surface area contributed by atoms with Crippen molar-refractivity contribution in [3.05, 3.63) is 0 Å². The molecule has 46 heavy (non-hydrogen) atoms. The molecule has 0 spiro atoms. The van der Waals surface area contributed by atoms with Crippen molar-refractivity contribution in [3.8, 4) is 0 Å². The second-order valence-electron chi connectivity index (χ2n) is 13.2. The maximum absolute atomic E-state index is 12.4. The SMILES string of the molecule is CCCCCCCCCCCCCCCC(O)O[C@H](COC(=O)CCCCCCCCCC)CO[C@@H]1O[C@H](CO)[C@H](O)[C@H](O)[C@H]1O. The maximum atomic E-state index is 12.4. The molecule has 1 aliphatic rings. The molecule has 10 heteroatoms. The van der Waals surface area contributed by atoms with Gasteiger partial charge in [0.25, 0.3) is 0 Å². The van der Waals surface area contributed by atoms with E-state index in [1.54, 1.807) is 0 Å². The number of unbranched alkanes of at least 4 members (excludes halogenated alkanes) is 19. The van der Waals surface area contributed by atoms with E-state index >= 15 is 0 Å². The van der Waals surface area contributed by atoms with Crippen LogP contribution < -0.4 is 0 Å². The normalized spacial score (nSPS) is 23.0. The molecule has 0 saturated carbocycles. The summed E-state index contributed by atoms with van der Waals surface area (Å²) in [5.41, 5.74) is 0. The summed E-state index contributed by atoms with van der Waals surface area (Å²) >= 11 is 0. The molecule has 5 N–H and O–H groups in total. The third-order valence-corrected chi connectivity index (χ3v) is 8.86. The van der Waals surface area contributed by atoms with E-state index in [-0.39, 0.29) is 19.2 Å². The summed E-state index contributed by atoms with van der Waals surface area (Å²) in [4.78, 5) is 12.4. The number of ether oxygens (including phenoxy) is 4. The lowest BCUT2D eigenvalue weighted by Gasteiger charge is -2.40. The lowest BCUT2D eigenvalue weighted by Crippen LogP contribution is -2.59. The van der Waals surface area contributed by atoms with E-state index in [0.29, 0.717) is 12.8 Å². The Morgan fingerprint density at radius 3 is 1.63 bits per heavy atom. The van der Waals surface area contributed by atoms with Gasteiger partial charge in [0.15, 0.2) is 12.6 Å². The first kappa shape index (κ1) is 43.2. The van der Waals surface area contributed by atoms with Crippen LogP contribution in [0.1, 0.15) is 162 Å². The van der Waals surface area contributed by atoms with Gasteiger partial charge < -0.3 is 44.5 Å². The van der Waals surface area contributed by atoms with E-state index < -0.39 is 49.7 Å². The largest absolute Gasteiger partial charge is 0.463 e. The predicted molar refractivity (Wildman–Crippen MR) is 179 cm³/mol. The fourth-order valence-electron chi connectivity index (χ4n) is 5.82. The first-order valence-electron chi connectivity index (χ1n) is 18.7. The van der Waals surface area contributed by atoms with Gasteiger partial charge in [-0.1, -0.05) is 136 Å². The Morgan fingerprint density at radius 1 is 0.652 bits per heavy atom. The summed E-state index contributed by atoms with van der Waals surface area (Å²) in [6, 6.07) is 0. The van der Waals surface area contributed by atoms with Crippen molar-refractivity contribution in [2.24, 2.45) is 0 Å². The second kappa shape index (κ2) is 29.1. The molecule has 0 aromatic carbocycles. The Hall–Kier alpha value is -0.850. The molecule has 274 valence electrons. The highest BCUT2D eigenvalue weighted by atomic mass is 16.7. The van der Waals surface area contributed by atoms with Gasteiger partial charge in [-0.15, -0.1) is 0 Å². The lowest BCUT2D eigenvalue weighted by molar-refractivity contribution is -0.308. The Bertz CT molecular complexity index is 694. The number of carbonyl (C=O) groups excluding carboxylic acids is 1. The number of esters is 1. The number of aliphatic hydroxyl groups excluding tert-OH is 5. The van der Waals surface area contributed by atoms with Crippen LogP contribution in [-0.2, 0) is 23.7 Å². The molecule has 0 aromatic rings. The van der Waals surface area contributed by atoms with Crippen LogP contribution in [0.2, 0.25) is 0 Å². The van der Waals surface area contributed by atoms with Crippen LogP contribution in [0.5, 0.6) is 0 Å². The van der Waals surface area contributed by atoms with Gasteiger partial charge >= 0.3 is 5.97 Å². The molecule has 1 saturated heterocycles. The zero-order valence-electron chi connectivity index (χ0n) is 29.2. The molecule has 1 aliphatic heterocycles. The van der Waals surface area contributed by atoms with Gasteiger partial charge in [0, 0.05) is 6.42 Å². The van der Waals surface area contributed by atoms with Crippen LogP contribution in [0.4, 0.5) is 0 Å². The van der Waals surface area contributed by atoms with E-state index in [9.17, 15) is 30.3 Å². The smallest absolute Gasteiger partial charge is 0.305 e. The van der Waals surface area contributed by atoms with Gasteiger partial charge in [-0.3, -0.25) is 4.79 Å². The van der Waals surface area contributed by atoms with Crippen LogP contribution in [-0.4, -0.2) is 94.4 Å². The van der Waals surface area contributed by atoms with Crippen molar-refractivity contribution in [1.29, 1.82) is 0 Å². The minimum atomic E-state index is -1.57. The number of carbonyl (C=O) groups is 1. The molecule has 10 nitrogen and oxygen atoms in total. The highest BCUT2D eigenvalue weighted by Gasteiger charge is 2.44. The van der Waals surface area contributed by atoms with Crippen molar-refractivity contribution in [3.63, 3.8) is 0 Å². The van der Waals surface area contributed by atoms with Gasteiger partial charge in [-0.2, -0.15) is 0 Å². The van der Waals surface area contributed by atoms with E-state index in [4.69, 9.17) is 18.9 Å². The number of aliphatic hydroxyl groups is 5. The Morgan fingerprint density at radius 2 is 1.13 bits per heavy atom. The summed E-state index contributed by atoms with van der Waals surface area (Å²) in [6.45, 7) is 3.52. The Kier molecular flexibility index (Phi) is 27.3. The Labute approximate surface area is 279 Å². The van der Waals surface area contributed by atoms with Gasteiger partial charge in [-0.05, 0) is 19.3 Å². The Balaban J connectivity index is 2.40. The fourth-order valence-corrected chi connectivity index (χ4v) is 5.82. The summed E-state index contributed by atoms with van der Waals surface area (Å²) in [7, 11) is 0. The van der Waals surface area contributed by atoms with Crippen molar-refractivity contribution in [2.45, 2.75) is 205 Å². The molecule has 1 rings (SSSR count). The third-order valence-electron chi connectivity index (χ3n) is 8.86. The van der Waals surface area contributed by atoms with Crippen molar-refractivity contribution < 1.29 is 49.3 Å². The lowest BCUT2D eigenvalue weighted by atomic mass is 9.99. The van der Waals surface area contributed by atoms with Gasteiger partial charge in [-0.25, -0.2) is 0 Å². The minimum absolute atomic E-state index is 0.150. The molecule has 0 bridgehead atoms. The zero-order chi connectivity index (χ0) is 33.8. The maximum Gasteiger partial charge on any atom is 0.305 e. The summed E-state index contributed by atoms with van der Waals surface area (Å²) in [5, 5.41) is 50.4. The van der Waals surface area contributed by atoms with Gasteiger partial charge in [0.05, 0.1) is 13.2 Å². The van der Waals surface area contributed by atoms with Crippen LogP contribution in [0, 0.1) is 0 Å². The summed E-state index contributed by atoms with van der Waals surface area (Å²) < 4.78 is 22.3. The second-order valence-corrected chi connectivity index (χ2v) is 13.2. The summed E-state index contributed by atoms with van der Waals surface area (Å²) in [5.74, 6) is -0.349. The molecule has 1 fully saturated rings. The van der Waals surface area contributed by atoms with Gasteiger partial charge in [0.1, 0.15) is 37.1 Å². The van der Waals surface area contributed by atoms with E-state index in [1.165, 1.54) is 96.3 Å². The minimum Gasteiger partial charge on any atom is -0.463 e. The molecule has 0 amide bonds. The topological polar surface area (TPSA) is 155 Å². The van der Waals surface area contributed by atoms with Crippen molar-refractivity contribution >= 4 is 5.97 Å². The standard InChI is InChI=1S/C36H70O10/c1-3-5-7-9-11-13-14-15-16-17-19-21-23-25-32(39)45-29(27-43-31(38)24-22-20-18-12-10-8-6-4-2)28-44-36-35(42)34(41)33(40)30(26-37)46-36/h29-30,32-37,39-42H,3-28H2,1-2H3/t29-,30-,32?,33+,34+,35-,36-/m1/s1. The molecular weight excluding hydrogens is 592 g/mol. The fraction of sp³-hybridized carbons (Fsp3) is 0.972. The van der Waals surface area contributed by atoms with E-state index in [2.05, 4.69) is 13.8 Å². The highest BCUT2D eigenvalue weighted by Crippen LogP contribution is 2.23. The molecule has 1 heterocycles. The molecule has 1 unspecified atom stereocenters. The van der Waals surface area contributed by atoms with Gasteiger partial charge in [0.2, 0.25) is 0 Å². The zero-order valence-corrected chi connectivity index (χ0v) is 29.2. The average Bonchev–Trinajstić information content (AvgIpc) is 3.05. The van der Waals surface area contributed by atoms with Crippen molar-refractivity contribution in [2.75, 3.05) is 19.8 Å². The molecule has 0 aliphatic carbocycles. The van der Waals surface area contributed by atoms with Crippen LogP contribution in [0.3, 0.4) is 0 Å². The van der Waals surface area contributed by atoms with Crippen LogP contribution in [0.15, 0.2) is 0 Å². The molecular formula is C36H70O10. The average molecular weight is 663 g/mol. The molecule has 0 radical (unpaired) electrons. The number of hydrogen-bond acceptors (Lipinski definition) is 10. The first-order valence-corrected chi connectivity index (χ1v) is 18.7. The van der Waals surface area contributed by atoms with E-state index in [1.807, 2.05) is 0 Å². The quantitative estimate of drug-likeness (QED) is 0.0336. The van der Waals surface area contributed by atoms with Crippen molar-refractivity contribution in [1.82, 2.24) is 0 Å². The molecule has 0 aromatic heterocycles. The highest BCUT2D eigenvalue weighted by molar-refractivity contribution is 5.69. The van der Waals surface area contributed by atoms with Crippen LogP contribution >= 0.6 is 0 Å². The third kappa shape index (κ3) is 21.2. The van der Waals surface area contributed by atoms with Crippen LogP contribution in [0.25, 0.3) is 0 Å². The summed E-state index contributed by atoms with van der Waals surface area (Å²) in [6.07, 6.45) is 16.7. The predicted octanol–water partition coefficient (Wildman–Crippen LogP) is 6.06. The molecule has 7 atom stereocenters. The monoisotopic (exact) mass is 662 g/mol.